The number of aryl methyl sites for hydroxylation is 1. The second kappa shape index (κ2) is 6.22. The number of hydrogen-bond donors (Lipinski definition) is 0. The van der Waals surface area contributed by atoms with Crippen LogP contribution in [0.1, 0.15) is 22.1 Å². The summed E-state index contributed by atoms with van der Waals surface area (Å²) in [7, 11) is 1.46. The Labute approximate surface area is 143 Å². The normalized spacial score (nSPS) is 12.2. The van der Waals surface area contributed by atoms with Crippen molar-refractivity contribution in [3.8, 4) is 6.07 Å². The van der Waals surface area contributed by atoms with E-state index in [0.29, 0.717) is 11.0 Å². The summed E-state index contributed by atoms with van der Waals surface area (Å²) in [6.07, 6.45) is 0. The SMILES string of the molecule is Cn1c(C(C#N)C(=O)c2c(F)c(F)c(F)c(F)c2F)nc2ccccc21. The molecule has 4 nitrogen and oxygen atoms in total. The van der Waals surface area contributed by atoms with E-state index in [1.807, 2.05) is 0 Å². The second-order valence-corrected chi connectivity index (χ2v) is 5.39. The van der Waals surface area contributed by atoms with Crippen molar-refractivity contribution in [1.29, 1.82) is 5.26 Å². The maximum atomic E-state index is 13.9. The highest BCUT2D eigenvalue weighted by atomic mass is 19.2. The summed E-state index contributed by atoms with van der Waals surface area (Å²) >= 11 is 0. The molecule has 0 bridgehead atoms. The van der Waals surface area contributed by atoms with Gasteiger partial charge in [0.1, 0.15) is 5.82 Å². The third kappa shape index (κ3) is 2.42. The molecule has 0 saturated carbocycles. The first-order valence-corrected chi connectivity index (χ1v) is 7.16. The lowest BCUT2D eigenvalue weighted by molar-refractivity contribution is 0.0964. The van der Waals surface area contributed by atoms with Gasteiger partial charge in [-0.25, -0.2) is 26.9 Å². The molecule has 0 aliphatic rings. The van der Waals surface area contributed by atoms with E-state index in [2.05, 4.69) is 4.98 Å². The first-order valence-electron chi connectivity index (χ1n) is 7.16. The molecular weight excluding hydrogens is 357 g/mol. The van der Waals surface area contributed by atoms with Crippen LogP contribution in [0, 0.1) is 40.4 Å². The molecular formula is C17H8F5N3O. The minimum Gasteiger partial charge on any atom is -0.330 e. The summed E-state index contributed by atoms with van der Waals surface area (Å²) < 4.78 is 69.0. The van der Waals surface area contributed by atoms with E-state index in [1.165, 1.54) is 17.7 Å². The smallest absolute Gasteiger partial charge is 0.200 e. The number of nitrogens with zero attached hydrogens (tertiary/aromatic N) is 3. The van der Waals surface area contributed by atoms with Gasteiger partial charge in [-0.1, -0.05) is 12.1 Å². The molecule has 1 aromatic heterocycles. The summed E-state index contributed by atoms with van der Waals surface area (Å²) in [6, 6.07) is 8.04. The average molecular weight is 365 g/mol. The Morgan fingerprint density at radius 3 is 2.12 bits per heavy atom. The lowest BCUT2D eigenvalue weighted by Crippen LogP contribution is -2.20. The summed E-state index contributed by atoms with van der Waals surface area (Å²) in [5.41, 5.74) is -0.747. The van der Waals surface area contributed by atoms with E-state index in [1.54, 1.807) is 24.3 Å². The number of para-hydroxylation sites is 2. The van der Waals surface area contributed by atoms with Gasteiger partial charge in [0.25, 0.3) is 0 Å². The zero-order chi connectivity index (χ0) is 19.2. The number of carbonyl (C=O) groups is 1. The molecule has 3 rings (SSSR count). The van der Waals surface area contributed by atoms with E-state index >= 15 is 0 Å². The monoisotopic (exact) mass is 365 g/mol. The number of ketones is 1. The van der Waals surface area contributed by atoms with Gasteiger partial charge in [0, 0.05) is 7.05 Å². The molecule has 1 atom stereocenters. The van der Waals surface area contributed by atoms with Crippen molar-refractivity contribution in [3.63, 3.8) is 0 Å². The molecule has 1 unspecified atom stereocenters. The van der Waals surface area contributed by atoms with Gasteiger partial charge >= 0.3 is 0 Å². The summed E-state index contributed by atoms with van der Waals surface area (Å²) in [5, 5.41) is 9.31. The van der Waals surface area contributed by atoms with Crippen LogP contribution >= 0.6 is 0 Å². The van der Waals surface area contributed by atoms with Gasteiger partial charge in [0.2, 0.25) is 5.82 Å². The third-order valence-electron chi connectivity index (χ3n) is 3.93. The van der Waals surface area contributed by atoms with Crippen molar-refractivity contribution in [2.45, 2.75) is 5.92 Å². The predicted molar refractivity (Wildman–Crippen MR) is 79.6 cm³/mol. The van der Waals surface area contributed by atoms with Crippen LogP contribution in [0.25, 0.3) is 11.0 Å². The van der Waals surface area contributed by atoms with Crippen LogP contribution in [0.15, 0.2) is 24.3 Å². The van der Waals surface area contributed by atoms with Crippen LogP contribution in [-0.4, -0.2) is 15.3 Å². The number of halogens is 5. The Bertz CT molecular complexity index is 1070. The van der Waals surface area contributed by atoms with Crippen molar-refractivity contribution in [3.05, 3.63) is 64.7 Å². The van der Waals surface area contributed by atoms with Gasteiger partial charge in [0.15, 0.2) is 35.0 Å². The fourth-order valence-electron chi connectivity index (χ4n) is 2.62. The maximum Gasteiger partial charge on any atom is 0.200 e. The molecule has 9 heteroatoms. The van der Waals surface area contributed by atoms with Gasteiger partial charge in [-0.3, -0.25) is 4.79 Å². The number of nitriles is 1. The molecule has 3 aromatic rings. The van der Waals surface area contributed by atoms with E-state index in [-0.39, 0.29) is 5.82 Å². The van der Waals surface area contributed by atoms with Gasteiger partial charge in [0.05, 0.1) is 22.7 Å². The largest absolute Gasteiger partial charge is 0.330 e. The minimum absolute atomic E-state index is 0.178. The van der Waals surface area contributed by atoms with Crippen molar-refractivity contribution in [2.24, 2.45) is 7.05 Å². The number of aromatic nitrogens is 2. The molecule has 0 radical (unpaired) electrons. The van der Waals surface area contributed by atoms with Crippen LogP contribution < -0.4 is 0 Å². The van der Waals surface area contributed by atoms with Crippen LogP contribution in [0.2, 0.25) is 0 Å². The molecule has 26 heavy (non-hydrogen) atoms. The van der Waals surface area contributed by atoms with E-state index < -0.39 is 46.4 Å². The van der Waals surface area contributed by atoms with Crippen LogP contribution in [0.5, 0.6) is 0 Å². The number of hydrogen-bond acceptors (Lipinski definition) is 3. The third-order valence-corrected chi connectivity index (χ3v) is 3.93. The Kier molecular flexibility index (Phi) is 4.20. The number of rotatable bonds is 3. The molecule has 0 spiro atoms. The highest BCUT2D eigenvalue weighted by Crippen LogP contribution is 2.29. The van der Waals surface area contributed by atoms with Crippen molar-refractivity contribution >= 4 is 16.8 Å². The Morgan fingerprint density at radius 2 is 1.58 bits per heavy atom. The molecule has 1 heterocycles. The van der Waals surface area contributed by atoms with E-state index in [9.17, 15) is 32.0 Å². The van der Waals surface area contributed by atoms with Crippen LogP contribution in [0.3, 0.4) is 0 Å². The Balaban J connectivity index is 2.20. The average Bonchev–Trinajstić information content (AvgIpc) is 2.96. The number of benzene rings is 2. The zero-order valence-corrected chi connectivity index (χ0v) is 13.0. The molecule has 132 valence electrons. The fourth-order valence-corrected chi connectivity index (χ4v) is 2.62. The quantitative estimate of drug-likeness (QED) is 0.307. The lowest BCUT2D eigenvalue weighted by Gasteiger charge is -2.11. The Morgan fingerprint density at radius 1 is 1.04 bits per heavy atom. The molecule has 0 fully saturated rings. The van der Waals surface area contributed by atoms with Crippen molar-refractivity contribution in [2.75, 3.05) is 0 Å². The number of carbonyl (C=O) groups excluding carboxylic acids is 1. The maximum absolute atomic E-state index is 13.9. The predicted octanol–water partition coefficient (Wildman–Crippen LogP) is 3.76. The lowest BCUT2D eigenvalue weighted by atomic mass is 9.96. The molecule has 0 saturated heterocycles. The minimum atomic E-state index is -2.38. The molecule has 0 aliphatic heterocycles. The molecule has 0 amide bonds. The van der Waals surface area contributed by atoms with Crippen molar-refractivity contribution in [1.82, 2.24) is 9.55 Å². The van der Waals surface area contributed by atoms with Gasteiger partial charge in [-0.15, -0.1) is 0 Å². The van der Waals surface area contributed by atoms with Crippen molar-refractivity contribution < 1.29 is 26.7 Å². The second-order valence-electron chi connectivity index (χ2n) is 5.39. The van der Waals surface area contributed by atoms with Crippen LogP contribution in [0.4, 0.5) is 22.0 Å². The van der Waals surface area contributed by atoms with Gasteiger partial charge in [-0.05, 0) is 12.1 Å². The number of Topliss-reactive ketones (excluding diaryl/α,β-unsaturated/α-hetero) is 1. The molecule has 0 N–H and O–H groups in total. The summed E-state index contributed by atoms with van der Waals surface area (Å²) in [4.78, 5) is 16.5. The summed E-state index contributed by atoms with van der Waals surface area (Å²) in [5.74, 6) is -15.1. The molecule has 2 aromatic carbocycles. The molecule has 0 aliphatic carbocycles. The van der Waals surface area contributed by atoms with Crippen LogP contribution in [-0.2, 0) is 7.05 Å². The topological polar surface area (TPSA) is 58.7 Å². The standard InChI is InChI=1S/C17H8F5N3O/c1-25-9-5-3-2-4-8(9)24-17(25)7(6-23)16(26)10-11(18)13(20)15(22)14(21)12(10)19/h2-5,7H,1H3. The fraction of sp³-hybridized carbons (Fsp3) is 0.118. The first-order chi connectivity index (χ1) is 12.3. The highest BCUT2D eigenvalue weighted by Gasteiger charge is 2.35. The highest BCUT2D eigenvalue weighted by molar-refractivity contribution is 6.03. The summed E-state index contributed by atoms with van der Waals surface area (Å²) in [6.45, 7) is 0. The Hall–Kier alpha value is -3.28. The zero-order valence-electron chi connectivity index (χ0n) is 13.0. The number of imidazole rings is 1. The number of fused-ring (bicyclic) bond motifs is 1. The van der Waals surface area contributed by atoms with Gasteiger partial charge in [-0.2, -0.15) is 5.26 Å². The van der Waals surface area contributed by atoms with E-state index in [4.69, 9.17) is 0 Å². The van der Waals surface area contributed by atoms with Gasteiger partial charge < -0.3 is 4.57 Å². The van der Waals surface area contributed by atoms with E-state index in [0.717, 1.165) is 0 Å². The first kappa shape index (κ1) is 17.5.